The molecule has 0 aromatic carbocycles. The molecule has 2 N–H and O–H groups in total. The second-order valence-electron chi connectivity index (χ2n) is 5.37. The van der Waals surface area contributed by atoms with Gasteiger partial charge >= 0.3 is 5.97 Å². The van der Waals surface area contributed by atoms with Gasteiger partial charge in [-0.3, -0.25) is 9.59 Å². The van der Waals surface area contributed by atoms with E-state index in [4.69, 9.17) is 4.74 Å². The fourth-order valence-corrected chi connectivity index (χ4v) is 2.81. The highest BCUT2D eigenvalue weighted by molar-refractivity contribution is 5.85. The number of hydrogen-bond donors (Lipinski definition) is 2. The summed E-state index contributed by atoms with van der Waals surface area (Å²) in [4.78, 5) is 23.5. The van der Waals surface area contributed by atoms with E-state index in [9.17, 15) is 14.7 Å². The van der Waals surface area contributed by atoms with E-state index in [0.717, 1.165) is 12.8 Å². The summed E-state index contributed by atoms with van der Waals surface area (Å²) in [6, 6.07) is -0.0346. The van der Waals surface area contributed by atoms with Crippen molar-refractivity contribution in [3.05, 3.63) is 0 Å². The number of methoxy groups -OCH3 is 1. The first-order valence-corrected chi connectivity index (χ1v) is 7.05. The highest BCUT2D eigenvalue weighted by atomic mass is 16.5. The number of carboxylic acid groups (broad SMARTS) is 1. The van der Waals surface area contributed by atoms with Gasteiger partial charge in [0.05, 0.1) is 24.5 Å². The zero-order valence-electron chi connectivity index (χ0n) is 12.0. The fraction of sp³-hybridized carbons (Fsp3) is 0.857. The molecule has 0 aromatic rings. The number of rotatable bonds is 7. The van der Waals surface area contributed by atoms with E-state index in [2.05, 4.69) is 5.32 Å². The number of carboxylic acids is 1. The summed E-state index contributed by atoms with van der Waals surface area (Å²) in [5, 5.41) is 12.1. The molecule has 110 valence electrons. The topological polar surface area (TPSA) is 75.6 Å². The van der Waals surface area contributed by atoms with Crippen LogP contribution in [0.2, 0.25) is 0 Å². The van der Waals surface area contributed by atoms with Gasteiger partial charge in [-0.15, -0.1) is 0 Å². The lowest BCUT2D eigenvalue weighted by molar-refractivity contribution is -0.146. The molecule has 1 amide bonds. The quantitative estimate of drug-likeness (QED) is 0.738. The summed E-state index contributed by atoms with van der Waals surface area (Å²) in [5.41, 5.74) is 0. The third-order valence-electron chi connectivity index (χ3n) is 4.10. The van der Waals surface area contributed by atoms with Crippen LogP contribution in [-0.4, -0.2) is 36.7 Å². The molecule has 5 heteroatoms. The Kier molecular flexibility index (Phi) is 6.28. The van der Waals surface area contributed by atoms with Crippen molar-refractivity contribution < 1.29 is 19.4 Å². The summed E-state index contributed by atoms with van der Waals surface area (Å²) in [5.74, 6) is -1.57. The minimum absolute atomic E-state index is 0.0346. The molecular formula is C14H25NO4. The van der Waals surface area contributed by atoms with E-state index >= 15 is 0 Å². The molecule has 0 aromatic heterocycles. The summed E-state index contributed by atoms with van der Waals surface area (Å²) in [6.45, 7) is 4.48. The predicted molar refractivity (Wildman–Crippen MR) is 71.7 cm³/mol. The molecule has 19 heavy (non-hydrogen) atoms. The molecule has 0 aliphatic heterocycles. The fourth-order valence-electron chi connectivity index (χ4n) is 2.81. The second kappa shape index (κ2) is 7.48. The van der Waals surface area contributed by atoms with Crippen LogP contribution in [0.5, 0.6) is 0 Å². The van der Waals surface area contributed by atoms with Crippen LogP contribution in [0.15, 0.2) is 0 Å². The van der Waals surface area contributed by atoms with E-state index in [1.54, 1.807) is 7.11 Å². The highest BCUT2D eigenvalue weighted by Crippen LogP contribution is 2.38. The van der Waals surface area contributed by atoms with Gasteiger partial charge in [0.15, 0.2) is 0 Å². The summed E-state index contributed by atoms with van der Waals surface area (Å²) >= 11 is 0. The van der Waals surface area contributed by atoms with Crippen LogP contribution in [0.1, 0.15) is 39.5 Å². The van der Waals surface area contributed by atoms with Gasteiger partial charge in [-0.2, -0.15) is 0 Å². The molecule has 4 atom stereocenters. The van der Waals surface area contributed by atoms with Gasteiger partial charge in [-0.1, -0.05) is 20.3 Å². The number of carbonyl (C=O) groups excluding carboxylic acids is 1. The minimum Gasteiger partial charge on any atom is -0.481 e. The van der Waals surface area contributed by atoms with Crippen molar-refractivity contribution in [3.8, 4) is 0 Å². The van der Waals surface area contributed by atoms with Gasteiger partial charge in [-0.05, 0) is 25.2 Å². The molecule has 0 saturated heterocycles. The maximum Gasteiger partial charge on any atom is 0.307 e. The minimum atomic E-state index is -0.851. The predicted octanol–water partition coefficient (Wildman–Crippen LogP) is 1.66. The van der Waals surface area contributed by atoms with Gasteiger partial charge < -0.3 is 15.2 Å². The Bertz CT molecular complexity index is 319. The van der Waals surface area contributed by atoms with Crippen molar-refractivity contribution in [3.63, 3.8) is 0 Å². The first-order chi connectivity index (χ1) is 9.03. The Hall–Kier alpha value is -1.10. The van der Waals surface area contributed by atoms with Crippen molar-refractivity contribution in [1.82, 2.24) is 5.32 Å². The Labute approximate surface area is 114 Å². The smallest absolute Gasteiger partial charge is 0.307 e. The van der Waals surface area contributed by atoms with Crippen LogP contribution in [0.4, 0.5) is 0 Å². The average Bonchev–Trinajstić information content (AvgIpc) is 2.82. The van der Waals surface area contributed by atoms with Gasteiger partial charge in [0, 0.05) is 7.11 Å². The summed E-state index contributed by atoms with van der Waals surface area (Å²) in [7, 11) is 1.59. The second-order valence-corrected chi connectivity index (χ2v) is 5.37. The maximum absolute atomic E-state index is 12.2. The van der Waals surface area contributed by atoms with Crippen LogP contribution in [0.25, 0.3) is 0 Å². The molecule has 0 spiro atoms. The molecule has 0 radical (unpaired) electrons. The Morgan fingerprint density at radius 1 is 1.32 bits per heavy atom. The summed E-state index contributed by atoms with van der Waals surface area (Å²) < 4.78 is 5.04. The lowest BCUT2D eigenvalue weighted by atomic mass is 9.95. The lowest BCUT2D eigenvalue weighted by Crippen LogP contribution is -2.43. The van der Waals surface area contributed by atoms with Crippen LogP contribution in [0.3, 0.4) is 0 Å². The van der Waals surface area contributed by atoms with Crippen molar-refractivity contribution >= 4 is 11.9 Å². The molecule has 2 unspecified atom stereocenters. The first-order valence-electron chi connectivity index (χ1n) is 7.05. The summed E-state index contributed by atoms with van der Waals surface area (Å²) in [6.07, 6.45) is 3.01. The zero-order chi connectivity index (χ0) is 14.4. The van der Waals surface area contributed by atoms with Crippen LogP contribution >= 0.6 is 0 Å². The number of hydrogen-bond acceptors (Lipinski definition) is 3. The van der Waals surface area contributed by atoms with Crippen LogP contribution in [0, 0.1) is 17.8 Å². The number of carbonyl (C=O) groups is 2. The molecule has 0 heterocycles. The van der Waals surface area contributed by atoms with Gasteiger partial charge in [0.25, 0.3) is 0 Å². The van der Waals surface area contributed by atoms with Crippen molar-refractivity contribution in [2.75, 3.05) is 13.7 Å². The third kappa shape index (κ3) is 4.20. The third-order valence-corrected chi connectivity index (χ3v) is 4.10. The molecule has 0 bridgehead atoms. The Morgan fingerprint density at radius 2 is 1.95 bits per heavy atom. The van der Waals surface area contributed by atoms with E-state index in [1.807, 2.05) is 13.8 Å². The van der Waals surface area contributed by atoms with E-state index in [-0.39, 0.29) is 11.9 Å². The number of nitrogens with one attached hydrogen (secondary N) is 1. The van der Waals surface area contributed by atoms with Crippen LogP contribution in [-0.2, 0) is 14.3 Å². The Morgan fingerprint density at radius 3 is 2.42 bits per heavy atom. The monoisotopic (exact) mass is 271 g/mol. The largest absolute Gasteiger partial charge is 0.481 e. The number of ether oxygens (including phenoxy) is 1. The standard InChI is InChI=1S/C14H25NO4/c1-4-9-6-11(12(7-9)14(17)18)13(16)15-10(5-2)8-19-3/h9-12H,4-8H2,1-3H3,(H,15,16)(H,17,18)/t9?,10?,11-,12+/m0/s1. The normalized spacial score (nSPS) is 28.1. The molecule has 5 nitrogen and oxygen atoms in total. The van der Waals surface area contributed by atoms with E-state index in [0.29, 0.717) is 25.4 Å². The van der Waals surface area contributed by atoms with Gasteiger partial charge in [0.1, 0.15) is 0 Å². The lowest BCUT2D eigenvalue weighted by Gasteiger charge is -2.21. The van der Waals surface area contributed by atoms with Gasteiger partial charge in [-0.25, -0.2) is 0 Å². The number of amides is 1. The van der Waals surface area contributed by atoms with E-state index < -0.39 is 17.8 Å². The SMILES string of the molecule is CCC1C[C@H](C(=O)NC(CC)COC)[C@H](C(=O)O)C1. The van der Waals surface area contributed by atoms with Crippen molar-refractivity contribution in [2.45, 2.75) is 45.6 Å². The highest BCUT2D eigenvalue weighted by Gasteiger charge is 2.42. The van der Waals surface area contributed by atoms with Crippen LogP contribution < -0.4 is 5.32 Å². The Balaban J connectivity index is 2.65. The van der Waals surface area contributed by atoms with Gasteiger partial charge in [0.2, 0.25) is 5.91 Å². The first kappa shape index (κ1) is 16.0. The molecular weight excluding hydrogens is 246 g/mol. The number of aliphatic carboxylic acids is 1. The molecule has 1 saturated carbocycles. The average molecular weight is 271 g/mol. The van der Waals surface area contributed by atoms with Crippen molar-refractivity contribution in [2.24, 2.45) is 17.8 Å². The zero-order valence-corrected chi connectivity index (χ0v) is 12.0. The molecule has 1 fully saturated rings. The molecule has 1 rings (SSSR count). The maximum atomic E-state index is 12.2. The molecule has 1 aliphatic rings. The molecule has 1 aliphatic carbocycles. The van der Waals surface area contributed by atoms with E-state index in [1.165, 1.54) is 0 Å². The van der Waals surface area contributed by atoms with Crippen molar-refractivity contribution in [1.29, 1.82) is 0 Å².